The zero-order valence-corrected chi connectivity index (χ0v) is 11.7. The quantitative estimate of drug-likeness (QED) is 0.628. The lowest BCUT2D eigenvalue weighted by Crippen LogP contribution is -2.06. The van der Waals surface area contributed by atoms with E-state index in [0.717, 1.165) is 18.2 Å². The molecular weight excluding hydrogens is 258 g/mol. The van der Waals surface area contributed by atoms with Gasteiger partial charge in [0.2, 0.25) is 0 Å². The molecule has 0 saturated carbocycles. The smallest absolute Gasteiger partial charge is 0.354 e. The summed E-state index contributed by atoms with van der Waals surface area (Å²) >= 11 is 0. The van der Waals surface area contributed by atoms with Crippen LogP contribution < -0.4 is 4.74 Å². The fourth-order valence-corrected chi connectivity index (χ4v) is 1.92. The lowest BCUT2D eigenvalue weighted by atomic mass is 10.2. The number of hydrogen-bond acceptors (Lipinski definition) is 4. The molecule has 0 aliphatic carbocycles. The Kier molecular flexibility index (Phi) is 4.50. The Labute approximate surface area is 117 Å². The van der Waals surface area contributed by atoms with Gasteiger partial charge in [-0.1, -0.05) is 13.3 Å². The summed E-state index contributed by atoms with van der Waals surface area (Å²) < 4.78 is 10.5. The maximum atomic E-state index is 11.8. The SMILES string of the molecule is CCCCOC(=O)c1cc2cc(OCC)c(O)cc2[nH]1. The van der Waals surface area contributed by atoms with Crippen molar-refractivity contribution in [2.75, 3.05) is 13.2 Å². The van der Waals surface area contributed by atoms with Crippen LogP contribution in [0.15, 0.2) is 18.2 Å². The molecule has 1 heterocycles. The molecule has 5 heteroatoms. The number of phenols is 1. The molecule has 1 aromatic carbocycles. The Morgan fingerprint density at radius 1 is 1.30 bits per heavy atom. The van der Waals surface area contributed by atoms with Crippen LogP contribution >= 0.6 is 0 Å². The molecule has 20 heavy (non-hydrogen) atoms. The number of rotatable bonds is 6. The zero-order valence-electron chi connectivity index (χ0n) is 11.7. The van der Waals surface area contributed by atoms with E-state index >= 15 is 0 Å². The van der Waals surface area contributed by atoms with Crippen molar-refractivity contribution < 1.29 is 19.4 Å². The first-order valence-corrected chi connectivity index (χ1v) is 6.81. The van der Waals surface area contributed by atoms with Crippen LogP contribution in [-0.2, 0) is 4.74 Å². The minimum atomic E-state index is -0.382. The molecule has 0 aliphatic rings. The summed E-state index contributed by atoms with van der Waals surface area (Å²) in [6, 6.07) is 4.95. The first-order valence-electron chi connectivity index (χ1n) is 6.81. The van der Waals surface area contributed by atoms with Crippen molar-refractivity contribution in [2.45, 2.75) is 26.7 Å². The number of phenolic OH excluding ortho intramolecular Hbond substituents is 1. The number of carbonyl (C=O) groups excluding carboxylic acids is 1. The molecule has 2 N–H and O–H groups in total. The van der Waals surface area contributed by atoms with E-state index in [-0.39, 0.29) is 11.7 Å². The molecule has 2 aromatic rings. The number of aromatic amines is 1. The molecule has 1 aromatic heterocycles. The molecular formula is C15H19NO4. The molecule has 108 valence electrons. The van der Waals surface area contributed by atoms with Gasteiger partial charge >= 0.3 is 5.97 Å². The van der Waals surface area contributed by atoms with E-state index in [2.05, 4.69) is 4.98 Å². The fraction of sp³-hybridized carbons (Fsp3) is 0.400. The standard InChI is InChI=1S/C15H19NO4/c1-3-5-6-20-15(18)12-7-10-8-14(19-4-2)13(17)9-11(10)16-12/h7-9,16-17H,3-6H2,1-2H3. The maximum Gasteiger partial charge on any atom is 0.354 e. The van der Waals surface area contributed by atoms with Crippen molar-refractivity contribution in [3.05, 3.63) is 23.9 Å². The summed E-state index contributed by atoms with van der Waals surface area (Å²) in [4.78, 5) is 14.8. The number of nitrogens with one attached hydrogen (secondary N) is 1. The van der Waals surface area contributed by atoms with Gasteiger partial charge in [-0.3, -0.25) is 0 Å². The Balaban J connectivity index is 2.22. The maximum absolute atomic E-state index is 11.8. The van der Waals surface area contributed by atoms with E-state index in [4.69, 9.17) is 9.47 Å². The fourth-order valence-electron chi connectivity index (χ4n) is 1.92. The second kappa shape index (κ2) is 6.32. The summed E-state index contributed by atoms with van der Waals surface area (Å²) in [5.41, 5.74) is 1.05. The van der Waals surface area contributed by atoms with Crippen LogP contribution in [0.2, 0.25) is 0 Å². The highest BCUT2D eigenvalue weighted by Crippen LogP contribution is 2.31. The molecule has 0 aliphatic heterocycles. The van der Waals surface area contributed by atoms with Gasteiger partial charge in [-0.2, -0.15) is 0 Å². The predicted molar refractivity (Wildman–Crippen MR) is 76.3 cm³/mol. The van der Waals surface area contributed by atoms with E-state index in [1.165, 1.54) is 0 Å². The zero-order chi connectivity index (χ0) is 14.5. The average Bonchev–Trinajstić information content (AvgIpc) is 2.82. The Bertz CT molecular complexity index is 603. The number of aromatic nitrogens is 1. The average molecular weight is 277 g/mol. The summed E-state index contributed by atoms with van der Waals surface area (Å²) in [5, 5.41) is 10.6. The van der Waals surface area contributed by atoms with Gasteiger partial charge in [0.15, 0.2) is 11.5 Å². The third-order valence-corrected chi connectivity index (χ3v) is 2.95. The van der Waals surface area contributed by atoms with Crippen LogP contribution in [0, 0.1) is 0 Å². The van der Waals surface area contributed by atoms with Gasteiger partial charge in [-0.25, -0.2) is 4.79 Å². The third-order valence-electron chi connectivity index (χ3n) is 2.95. The number of fused-ring (bicyclic) bond motifs is 1. The van der Waals surface area contributed by atoms with Gasteiger partial charge in [-0.05, 0) is 25.5 Å². The first-order chi connectivity index (χ1) is 9.65. The molecule has 0 saturated heterocycles. The highest BCUT2D eigenvalue weighted by molar-refractivity contribution is 5.95. The van der Waals surface area contributed by atoms with Gasteiger partial charge < -0.3 is 19.6 Å². The van der Waals surface area contributed by atoms with Crippen molar-refractivity contribution >= 4 is 16.9 Å². The molecule has 0 unspecified atom stereocenters. The van der Waals surface area contributed by atoms with Gasteiger partial charge in [0.05, 0.1) is 18.7 Å². The normalized spacial score (nSPS) is 10.7. The predicted octanol–water partition coefficient (Wildman–Crippen LogP) is 3.23. The minimum Gasteiger partial charge on any atom is -0.504 e. The molecule has 2 rings (SSSR count). The number of aromatic hydroxyl groups is 1. The number of carbonyl (C=O) groups is 1. The van der Waals surface area contributed by atoms with Crippen LogP contribution in [0.4, 0.5) is 0 Å². The number of ether oxygens (including phenoxy) is 2. The Morgan fingerprint density at radius 2 is 2.10 bits per heavy atom. The van der Waals surface area contributed by atoms with Crippen LogP contribution in [0.3, 0.4) is 0 Å². The molecule has 0 atom stereocenters. The van der Waals surface area contributed by atoms with E-state index in [1.807, 2.05) is 13.8 Å². The van der Waals surface area contributed by atoms with Crippen molar-refractivity contribution in [3.63, 3.8) is 0 Å². The number of benzene rings is 1. The number of H-pyrrole nitrogens is 1. The monoisotopic (exact) mass is 277 g/mol. The van der Waals surface area contributed by atoms with Gasteiger partial charge in [-0.15, -0.1) is 0 Å². The third kappa shape index (κ3) is 3.04. The first kappa shape index (κ1) is 14.2. The summed E-state index contributed by atoms with van der Waals surface area (Å²) in [6.45, 7) is 4.77. The van der Waals surface area contributed by atoms with Crippen LogP contribution in [-0.4, -0.2) is 29.3 Å². The van der Waals surface area contributed by atoms with E-state index in [1.54, 1.807) is 18.2 Å². The largest absolute Gasteiger partial charge is 0.504 e. The topological polar surface area (TPSA) is 71.6 Å². The highest BCUT2D eigenvalue weighted by Gasteiger charge is 2.13. The molecule has 5 nitrogen and oxygen atoms in total. The number of esters is 1. The highest BCUT2D eigenvalue weighted by atomic mass is 16.5. The number of hydrogen-bond donors (Lipinski definition) is 2. The van der Waals surface area contributed by atoms with Crippen molar-refractivity contribution in [1.29, 1.82) is 0 Å². The van der Waals surface area contributed by atoms with Crippen molar-refractivity contribution in [3.8, 4) is 11.5 Å². The van der Waals surface area contributed by atoms with Crippen LogP contribution in [0.1, 0.15) is 37.2 Å². The second-order valence-corrected chi connectivity index (χ2v) is 4.51. The molecule has 0 amide bonds. The Hall–Kier alpha value is -2.17. The van der Waals surface area contributed by atoms with Crippen molar-refractivity contribution in [2.24, 2.45) is 0 Å². The second-order valence-electron chi connectivity index (χ2n) is 4.51. The van der Waals surface area contributed by atoms with Crippen molar-refractivity contribution in [1.82, 2.24) is 4.98 Å². The van der Waals surface area contributed by atoms with Gasteiger partial charge in [0.1, 0.15) is 5.69 Å². The van der Waals surface area contributed by atoms with E-state index < -0.39 is 0 Å². The molecule has 0 spiro atoms. The summed E-state index contributed by atoms with van der Waals surface area (Å²) in [6.07, 6.45) is 1.83. The lowest BCUT2D eigenvalue weighted by molar-refractivity contribution is 0.0494. The van der Waals surface area contributed by atoms with Crippen LogP contribution in [0.25, 0.3) is 10.9 Å². The van der Waals surface area contributed by atoms with Crippen LogP contribution in [0.5, 0.6) is 11.5 Å². The van der Waals surface area contributed by atoms with E-state index in [0.29, 0.717) is 30.2 Å². The molecule has 0 fully saturated rings. The summed E-state index contributed by atoms with van der Waals surface area (Å²) in [5.74, 6) is 0.0732. The van der Waals surface area contributed by atoms with Gasteiger partial charge in [0.25, 0.3) is 0 Å². The van der Waals surface area contributed by atoms with Gasteiger partial charge in [0, 0.05) is 11.5 Å². The van der Waals surface area contributed by atoms with E-state index in [9.17, 15) is 9.90 Å². The molecule has 0 bridgehead atoms. The minimum absolute atomic E-state index is 0.0482. The number of unbranched alkanes of at least 4 members (excludes halogenated alkanes) is 1. The Morgan fingerprint density at radius 3 is 2.80 bits per heavy atom. The molecule has 0 radical (unpaired) electrons. The lowest BCUT2D eigenvalue weighted by Gasteiger charge is -2.04. The summed E-state index contributed by atoms with van der Waals surface area (Å²) in [7, 11) is 0.